The fourth-order valence-corrected chi connectivity index (χ4v) is 1.54. The number of ether oxygens (including phenoxy) is 1. The van der Waals surface area contributed by atoms with Crippen molar-refractivity contribution in [2.45, 2.75) is 32.1 Å². The summed E-state index contributed by atoms with van der Waals surface area (Å²) in [5, 5.41) is 0. The van der Waals surface area contributed by atoms with Crippen molar-refractivity contribution in [3.8, 4) is 0 Å². The van der Waals surface area contributed by atoms with Crippen molar-refractivity contribution in [3.05, 3.63) is 35.9 Å². The van der Waals surface area contributed by atoms with Gasteiger partial charge in [-0.2, -0.15) is 0 Å². The molecule has 0 aromatic heterocycles. The van der Waals surface area contributed by atoms with E-state index in [1.807, 2.05) is 6.07 Å². The summed E-state index contributed by atoms with van der Waals surface area (Å²) in [6, 6.07) is 10.5. The third-order valence-corrected chi connectivity index (χ3v) is 2.36. The van der Waals surface area contributed by atoms with E-state index in [2.05, 4.69) is 29.0 Å². The van der Waals surface area contributed by atoms with Crippen molar-refractivity contribution in [3.63, 3.8) is 0 Å². The molecule has 0 aliphatic rings. The van der Waals surface area contributed by atoms with Gasteiger partial charge in [-0.15, -0.1) is 0 Å². The lowest BCUT2D eigenvalue weighted by atomic mass is 10.1. The zero-order valence-corrected chi connectivity index (χ0v) is 8.95. The highest BCUT2D eigenvalue weighted by molar-refractivity contribution is 5.37. The minimum atomic E-state index is 0.509. The Labute approximate surface area is 91.3 Å². The summed E-state index contributed by atoms with van der Waals surface area (Å²) in [6.07, 6.45) is 5.60. The fourth-order valence-electron chi connectivity index (χ4n) is 1.54. The number of hydrogen-bond donors (Lipinski definition) is 0. The number of hydrogen-bond acceptors (Lipinski definition) is 2. The molecule has 81 valence electrons. The van der Waals surface area contributed by atoms with E-state index < -0.39 is 0 Å². The Hall–Kier alpha value is -1.31. The van der Waals surface area contributed by atoms with Crippen molar-refractivity contribution in [2.24, 2.45) is 0 Å². The Bertz CT molecular complexity index is 256. The molecular weight excluding hydrogens is 188 g/mol. The molecule has 0 aliphatic carbocycles. The summed E-state index contributed by atoms with van der Waals surface area (Å²) in [5.74, 6) is 0. The SMILES string of the molecule is O=[C]OCCCCCCc1ccccc1. The molecule has 0 saturated carbocycles. The number of carbonyl (C=O) groups excluding carboxylic acids is 1. The zero-order chi connectivity index (χ0) is 10.8. The van der Waals surface area contributed by atoms with Crippen LogP contribution in [0.1, 0.15) is 31.2 Å². The van der Waals surface area contributed by atoms with Crippen LogP contribution in [-0.2, 0) is 16.0 Å². The van der Waals surface area contributed by atoms with Crippen molar-refractivity contribution in [2.75, 3.05) is 6.61 Å². The second kappa shape index (κ2) is 8.04. The molecule has 1 rings (SSSR count). The van der Waals surface area contributed by atoms with E-state index in [4.69, 9.17) is 0 Å². The van der Waals surface area contributed by atoms with Crippen LogP contribution < -0.4 is 0 Å². The first-order chi connectivity index (χ1) is 7.43. The molecule has 0 saturated heterocycles. The van der Waals surface area contributed by atoms with Gasteiger partial charge in [0, 0.05) is 0 Å². The molecular formula is C13H17O2. The van der Waals surface area contributed by atoms with E-state index in [0.717, 1.165) is 19.3 Å². The van der Waals surface area contributed by atoms with Gasteiger partial charge in [0.2, 0.25) is 0 Å². The minimum Gasteiger partial charge on any atom is -0.457 e. The topological polar surface area (TPSA) is 26.3 Å². The van der Waals surface area contributed by atoms with Gasteiger partial charge in [-0.1, -0.05) is 43.2 Å². The van der Waals surface area contributed by atoms with Crippen LogP contribution >= 0.6 is 0 Å². The Kier molecular flexibility index (Phi) is 6.30. The van der Waals surface area contributed by atoms with Crippen LogP contribution in [0.3, 0.4) is 0 Å². The first-order valence-electron chi connectivity index (χ1n) is 5.46. The molecule has 1 radical (unpaired) electrons. The molecule has 0 atom stereocenters. The zero-order valence-electron chi connectivity index (χ0n) is 8.95. The lowest BCUT2D eigenvalue weighted by Gasteiger charge is -2.01. The third-order valence-electron chi connectivity index (χ3n) is 2.36. The second-order valence-electron chi connectivity index (χ2n) is 3.58. The first kappa shape index (κ1) is 11.8. The van der Waals surface area contributed by atoms with Gasteiger partial charge in [-0.25, -0.2) is 4.79 Å². The first-order valence-corrected chi connectivity index (χ1v) is 5.46. The van der Waals surface area contributed by atoms with Crippen molar-refractivity contribution >= 4 is 6.47 Å². The van der Waals surface area contributed by atoms with Gasteiger partial charge >= 0.3 is 6.47 Å². The molecule has 0 aliphatic heterocycles. The lowest BCUT2D eigenvalue weighted by Crippen LogP contribution is -1.92. The van der Waals surface area contributed by atoms with Crippen LogP contribution in [0.25, 0.3) is 0 Å². The molecule has 2 nitrogen and oxygen atoms in total. The molecule has 0 heterocycles. The normalized spacial score (nSPS) is 9.87. The maximum atomic E-state index is 9.73. The highest BCUT2D eigenvalue weighted by Crippen LogP contribution is 2.07. The molecule has 0 bridgehead atoms. The van der Waals surface area contributed by atoms with Crippen molar-refractivity contribution in [1.29, 1.82) is 0 Å². The molecule has 0 amide bonds. The Balaban J connectivity index is 1.95. The van der Waals surface area contributed by atoms with Crippen LogP contribution in [0.15, 0.2) is 30.3 Å². The highest BCUT2D eigenvalue weighted by Gasteiger charge is 1.93. The smallest absolute Gasteiger partial charge is 0.417 e. The third kappa shape index (κ3) is 5.89. The summed E-state index contributed by atoms with van der Waals surface area (Å²) in [7, 11) is 0. The quantitative estimate of drug-likeness (QED) is 0.610. The predicted molar refractivity (Wildman–Crippen MR) is 60.3 cm³/mol. The van der Waals surface area contributed by atoms with Crippen molar-refractivity contribution in [1.82, 2.24) is 0 Å². The molecule has 1 aromatic carbocycles. The van der Waals surface area contributed by atoms with Gasteiger partial charge in [-0.3, -0.25) is 0 Å². The molecule has 0 N–H and O–H groups in total. The average Bonchev–Trinajstić information content (AvgIpc) is 2.29. The van der Waals surface area contributed by atoms with E-state index in [9.17, 15) is 4.79 Å². The van der Waals surface area contributed by atoms with E-state index in [-0.39, 0.29) is 0 Å². The molecule has 0 spiro atoms. The lowest BCUT2D eigenvalue weighted by molar-refractivity contribution is 0.269. The summed E-state index contributed by atoms with van der Waals surface area (Å²) in [4.78, 5) is 9.73. The molecule has 2 heteroatoms. The van der Waals surface area contributed by atoms with E-state index in [1.54, 1.807) is 0 Å². The average molecular weight is 205 g/mol. The van der Waals surface area contributed by atoms with E-state index >= 15 is 0 Å². The molecule has 0 fully saturated rings. The highest BCUT2D eigenvalue weighted by atomic mass is 16.5. The number of benzene rings is 1. The van der Waals surface area contributed by atoms with Crippen molar-refractivity contribution < 1.29 is 9.53 Å². The van der Waals surface area contributed by atoms with Crippen LogP contribution in [0.5, 0.6) is 0 Å². The second-order valence-corrected chi connectivity index (χ2v) is 3.58. The standard InChI is InChI=1S/C13H17O2/c14-12-15-11-7-2-1-4-8-13-9-5-3-6-10-13/h3,5-6,9-10H,1-2,4,7-8,11H2. The molecule has 15 heavy (non-hydrogen) atoms. The summed E-state index contributed by atoms with van der Waals surface area (Å²) < 4.78 is 4.49. The number of rotatable bonds is 8. The Morgan fingerprint density at radius 1 is 1.00 bits per heavy atom. The van der Waals surface area contributed by atoms with Crippen LogP contribution in [0.2, 0.25) is 0 Å². The van der Waals surface area contributed by atoms with Crippen LogP contribution in [0.4, 0.5) is 0 Å². The maximum absolute atomic E-state index is 9.73. The van der Waals surface area contributed by atoms with E-state index in [1.165, 1.54) is 24.9 Å². The van der Waals surface area contributed by atoms with Gasteiger partial charge < -0.3 is 4.74 Å². The summed E-state index contributed by atoms with van der Waals surface area (Å²) >= 11 is 0. The maximum Gasteiger partial charge on any atom is 0.417 e. The predicted octanol–water partition coefficient (Wildman–Crippen LogP) is 2.87. The summed E-state index contributed by atoms with van der Waals surface area (Å²) in [5.41, 5.74) is 1.40. The summed E-state index contributed by atoms with van der Waals surface area (Å²) in [6.45, 7) is 1.94. The van der Waals surface area contributed by atoms with Gasteiger partial charge in [0.1, 0.15) is 0 Å². The Morgan fingerprint density at radius 2 is 1.73 bits per heavy atom. The van der Waals surface area contributed by atoms with Crippen LogP contribution in [-0.4, -0.2) is 13.1 Å². The van der Waals surface area contributed by atoms with Gasteiger partial charge in [-0.05, 0) is 24.8 Å². The Morgan fingerprint density at radius 3 is 2.47 bits per heavy atom. The number of unbranched alkanes of at least 4 members (excludes halogenated alkanes) is 3. The molecule has 0 unspecified atom stereocenters. The van der Waals surface area contributed by atoms with Gasteiger partial charge in [0.25, 0.3) is 0 Å². The number of aryl methyl sites for hydroxylation is 1. The van der Waals surface area contributed by atoms with Gasteiger partial charge in [0.05, 0.1) is 6.61 Å². The van der Waals surface area contributed by atoms with Crippen LogP contribution in [0, 0.1) is 0 Å². The molecule has 1 aromatic rings. The van der Waals surface area contributed by atoms with Gasteiger partial charge in [0.15, 0.2) is 0 Å². The van der Waals surface area contributed by atoms with E-state index in [0.29, 0.717) is 6.61 Å². The monoisotopic (exact) mass is 205 g/mol. The fraction of sp³-hybridized carbons (Fsp3) is 0.462. The minimum absolute atomic E-state index is 0.509. The largest absolute Gasteiger partial charge is 0.457 e.